The van der Waals surface area contributed by atoms with Crippen molar-refractivity contribution in [3.05, 3.63) is 59.7 Å². The van der Waals surface area contributed by atoms with E-state index in [1.807, 2.05) is 31.2 Å². The molecule has 7 heteroatoms. The third kappa shape index (κ3) is 7.49. The van der Waals surface area contributed by atoms with Crippen LogP contribution in [0.25, 0.3) is 0 Å². The van der Waals surface area contributed by atoms with Gasteiger partial charge in [0.1, 0.15) is 5.75 Å². The van der Waals surface area contributed by atoms with Crippen molar-refractivity contribution in [1.29, 1.82) is 0 Å². The van der Waals surface area contributed by atoms with Gasteiger partial charge in [0.15, 0.2) is 6.61 Å². The molecule has 0 unspecified atom stereocenters. The average molecular weight is 383 g/mol. The standard InChI is InChI=1S/C21H25N3O4/c1-15-3-5-16(6-4-15)7-12-19(25)23-13-20(26)24-17-8-10-18(11-9-17)28-14-21(27)22-2/h3-6,8-11H,7,12-14H2,1-2H3,(H,22,27)(H,23,25)(H,24,26). The largest absolute Gasteiger partial charge is 0.484 e. The van der Waals surface area contributed by atoms with Crippen LogP contribution in [0.5, 0.6) is 5.75 Å². The smallest absolute Gasteiger partial charge is 0.257 e. The normalized spacial score (nSPS) is 10.1. The minimum absolute atomic E-state index is 0.0726. The Balaban J connectivity index is 1.69. The first-order chi connectivity index (χ1) is 13.5. The molecular weight excluding hydrogens is 358 g/mol. The number of rotatable bonds is 9. The lowest BCUT2D eigenvalue weighted by Gasteiger charge is -2.09. The molecular formula is C21H25N3O4. The number of carbonyl (C=O) groups excluding carboxylic acids is 3. The molecule has 7 nitrogen and oxygen atoms in total. The quantitative estimate of drug-likeness (QED) is 0.615. The van der Waals surface area contributed by atoms with Crippen LogP contribution in [0.3, 0.4) is 0 Å². The number of likely N-dealkylation sites (N-methyl/N-ethyl adjacent to an activating group) is 1. The van der Waals surface area contributed by atoms with E-state index in [-0.39, 0.29) is 30.9 Å². The van der Waals surface area contributed by atoms with Gasteiger partial charge in [0.2, 0.25) is 11.8 Å². The molecule has 3 N–H and O–H groups in total. The SMILES string of the molecule is CNC(=O)COc1ccc(NC(=O)CNC(=O)CCc2ccc(C)cc2)cc1. The molecule has 0 aliphatic heterocycles. The van der Waals surface area contributed by atoms with Crippen LogP contribution in [0.2, 0.25) is 0 Å². The highest BCUT2D eigenvalue weighted by atomic mass is 16.5. The zero-order chi connectivity index (χ0) is 20.4. The van der Waals surface area contributed by atoms with Crippen LogP contribution in [0, 0.1) is 6.92 Å². The second-order valence-corrected chi connectivity index (χ2v) is 6.30. The molecule has 0 saturated carbocycles. The van der Waals surface area contributed by atoms with Crippen LogP contribution in [-0.4, -0.2) is 37.9 Å². The van der Waals surface area contributed by atoms with Gasteiger partial charge in [0.25, 0.3) is 5.91 Å². The van der Waals surface area contributed by atoms with Gasteiger partial charge in [-0.05, 0) is 43.2 Å². The van der Waals surface area contributed by atoms with E-state index in [4.69, 9.17) is 4.74 Å². The Morgan fingerprint density at radius 1 is 0.893 bits per heavy atom. The Bertz CT molecular complexity index is 801. The van der Waals surface area contributed by atoms with E-state index in [9.17, 15) is 14.4 Å². The van der Waals surface area contributed by atoms with Crippen LogP contribution in [-0.2, 0) is 20.8 Å². The second kappa shape index (κ2) is 10.7. The molecule has 0 spiro atoms. The maximum Gasteiger partial charge on any atom is 0.257 e. The molecule has 0 atom stereocenters. The highest BCUT2D eigenvalue weighted by molar-refractivity contribution is 5.94. The topological polar surface area (TPSA) is 96.5 Å². The molecule has 0 radical (unpaired) electrons. The van der Waals surface area contributed by atoms with E-state index in [0.717, 1.165) is 5.56 Å². The van der Waals surface area contributed by atoms with Gasteiger partial charge in [0, 0.05) is 19.2 Å². The highest BCUT2D eigenvalue weighted by Crippen LogP contribution is 2.15. The molecule has 0 aromatic heterocycles. The summed E-state index contributed by atoms with van der Waals surface area (Å²) in [7, 11) is 1.53. The number of hydrogen-bond acceptors (Lipinski definition) is 4. The Hall–Kier alpha value is -3.35. The zero-order valence-electron chi connectivity index (χ0n) is 16.1. The van der Waals surface area contributed by atoms with Crippen molar-refractivity contribution in [1.82, 2.24) is 10.6 Å². The number of nitrogens with one attached hydrogen (secondary N) is 3. The lowest BCUT2D eigenvalue weighted by molar-refractivity contribution is -0.124. The summed E-state index contributed by atoms with van der Waals surface area (Å²) in [5.74, 6) is -0.196. The Morgan fingerprint density at radius 2 is 1.57 bits per heavy atom. The van der Waals surface area contributed by atoms with Gasteiger partial charge in [-0.3, -0.25) is 14.4 Å². The van der Waals surface area contributed by atoms with Crippen molar-refractivity contribution in [2.45, 2.75) is 19.8 Å². The summed E-state index contributed by atoms with van der Waals surface area (Å²) >= 11 is 0. The van der Waals surface area contributed by atoms with Gasteiger partial charge in [-0.25, -0.2) is 0 Å². The first-order valence-corrected chi connectivity index (χ1v) is 9.02. The van der Waals surface area contributed by atoms with Crippen LogP contribution < -0.4 is 20.7 Å². The molecule has 28 heavy (non-hydrogen) atoms. The maximum atomic E-state index is 12.0. The Labute approximate surface area is 164 Å². The predicted molar refractivity (Wildman–Crippen MR) is 107 cm³/mol. The third-order valence-corrected chi connectivity index (χ3v) is 3.99. The number of benzene rings is 2. The Morgan fingerprint density at radius 3 is 2.21 bits per heavy atom. The maximum absolute atomic E-state index is 12.0. The first kappa shape index (κ1) is 21.0. The molecule has 0 saturated heterocycles. The van der Waals surface area contributed by atoms with Gasteiger partial charge in [-0.15, -0.1) is 0 Å². The van der Waals surface area contributed by atoms with Crippen LogP contribution in [0.15, 0.2) is 48.5 Å². The van der Waals surface area contributed by atoms with E-state index in [0.29, 0.717) is 24.3 Å². The van der Waals surface area contributed by atoms with E-state index in [1.165, 1.54) is 12.6 Å². The fraction of sp³-hybridized carbons (Fsp3) is 0.286. The first-order valence-electron chi connectivity index (χ1n) is 9.02. The summed E-state index contributed by atoms with van der Waals surface area (Å²) in [6, 6.07) is 14.6. The van der Waals surface area contributed by atoms with E-state index < -0.39 is 0 Å². The van der Waals surface area contributed by atoms with Crippen molar-refractivity contribution in [3.63, 3.8) is 0 Å². The number of anilines is 1. The lowest BCUT2D eigenvalue weighted by atomic mass is 10.1. The number of hydrogen-bond donors (Lipinski definition) is 3. The van der Waals surface area contributed by atoms with E-state index in [2.05, 4.69) is 16.0 Å². The summed E-state index contributed by atoms with van der Waals surface area (Å²) in [5.41, 5.74) is 2.84. The van der Waals surface area contributed by atoms with Crippen LogP contribution in [0.4, 0.5) is 5.69 Å². The highest BCUT2D eigenvalue weighted by Gasteiger charge is 2.07. The minimum Gasteiger partial charge on any atom is -0.484 e. The molecule has 0 aliphatic rings. The van der Waals surface area contributed by atoms with E-state index in [1.54, 1.807) is 24.3 Å². The van der Waals surface area contributed by atoms with Gasteiger partial charge in [0.05, 0.1) is 6.54 Å². The second-order valence-electron chi connectivity index (χ2n) is 6.30. The molecule has 0 bridgehead atoms. The number of carbonyl (C=O) groups is 3. The fourth-order valence-electron chi connectivity index (χ4n) is 2.34. The average Bonchev–Trinajstić information content (AvgIpc) is 2.71. The van der Waals surface area contributed by atoms with Gasteiger partial charge in [-0.1, -0.05) is 29.8 Å². The molecule has 2 aromatic rings. The van der Waals surface area contributed by atoms with E-state index >= 15 is 0 Å². The molecule has 148 valence electrons. The summed E-state index contributed by atoms with van der Waals surface area (Å²) in [5, 5.41) is 7.77. The fourth-order valence-corrected chi connectivity index (χ4v) is 2.34. The Kier molecular flexibility index (Phi) is 8.02. The third-order valence-electron chi connectivity index (χ3n) is 3.99. The lowest BCUT2D eigenvalue weighted by Crippen LogP contribution is -2.32. The van der Waals surface area contributed by atoms with Gasteiger partial charge >= 0.3 is 0 Å². The van der Waals surface area contributed by atoms with Crippen molar-refractivity contribution in [2.75, 3.05) is 25.5 Å². The van der Waals surface area contributed by atoms with Gasteiger partial charge < -0.3 is 20.7 Å². The van der Waals surface area contributed by atoms with Crippen molar-refractivity contribution in [3.8, 4) is 5.75 Å². The van der Waals surface area contributed by atoms with Crippen LogP contribution >= 0.6 is 0 Å². The summed E-state index contributed by atoms with van der Waals surface area (Å²) in [6.45, 7) is 1.85. The molecule has 0 aliphatic carbocycles. The summed E-state index contributed by atoms with van der Waals surface area (Å²) in [4.78, 5) is 35.0. The van der Waals surface area contributed by atoms with Crippen molar-refractivity contribution in [2.24, 2.45) is 0 Å². The summed E-state index contributed by atoms with van der Waals surface area (Å²) in [6.07, 6.45) is 0.957. The summed E-state index contributed by atoms with van der Waals surface area (Å²) < 4.78 is 5.29. The molecule has 2 aromatic carbocycles. The monoisotopic (exact) mass is 383 g/mol. The minimum atomic E-state index is -0.317. The van der Waals surface area contributed by atoms with Crippen LogP contribution in [0.1, 0.15) is 17.5 Å². The van der Waals surface area contributed by atoms with Crippen molar-refractivity contribution < 1.29 is 19.1 Å². The molecule has 0 fully saturated rings. The molecule has 0 heterocycles. The van der Waals surface area contributed by atoms with Crippen molar-refractivity contribution >= 4 is 23.4 Å². The van der Waals surface area contributed by atoms with Gasteiger partial charge in [-0.2, -0.15) is 0 Å². The predicted octanol–water partition coefficient (Wildman–Crippen LogP) is 1.81. The number of amides is 3. The number of ether oxygens (including phenoxy) is 1. The molecule has 3 amide bonds. The zero-order valence-corrected chi connectivity index (χ0v) is 16.1. The molecule has 2 rings (SSSR count). The number of aryl methyl sites for hydroxylation is 2.